The molecule has 0 bridgehead atoms. The van der Waals surface area contributed by atoms with E-state index in [0.29, 0.717) is 12.1 Å². The molecule has 3 aromatic rings. The first-order chi connectivity index (χ1) is 13.1. The highest BCUT2D eigenvalue weighted by atomic mass is 16.4. The van der Waals surface area contributed by atoms with Crippen LogP contribution in [0.1, 0.15) is 11.1 Å². The van der Waals surface area contributed by atoms with Crippen LogP contribution in [0.3, 0.4) is 0 Å². The van der Waals surface area contributed by atoms with Gasteiger partial charge in [-0.05, 0) is 11.1 Å². The Labute approximate surface area is 155 Å². The second-order valence-corrected chi connectivity index (χ2v) is 6.52. The van der Waals surface area contributed by atoms with Gasteiger partial charge >= 0.3 is 5.97 Å². The van der Waals surface area contributed by atoms with Crippen molar-refractivity contribution in [2.45, 2.75) is 25.6 Å². The zero-order valence-electron chi connectivity index (χ0n) is 14.5. The van der Waals surface area contributed by atoms with Crippen LogP contribution >= 0.6 is 0 Å². The van der Waals surface area contributed by atoms with Gasteiger partial charge in [0.2, 0.25) is 5.91 Å². The molecule has 0 aliphatic carbocycles. The maximum absolute atomic E-state index is 12.8. The number of aliphatic carboxylic acids is 1. The first-order valence-corrected chi connectivity index (χ1v) is 8.66. The summed E-state index contributed by atoms with van der Waals surface area (Å²) in [5.74, 6) is -1.29. The smallest absolute Gasteiger partial charge is 0.326 e. The molecule has 2 aromatic carbocycles. The van der Waals surface area contributed by atoms with Gasteiger partial charge in [0.15, 0.2) is 0 Å². The molecule has 1 aliphatic rings. The predicted octanol–water partition coefficient (Wildman–Crippen LogP) is 1.98. The monoisotopic (exact) mass is 362 g/mol. The van der Waals surface area contributed by atoms with E-state index in [4.69, 9.17) is 0 Å². The number of carboxylic acid groups (broad SMARTS) is 1. The Morgan fingerprint density at radius 1 is 1.04 bits per heavy atom. The first-order valence-electron chi connectivity index (χ1n) is 8.66. The van der Waals surface area contributed by atoms with E-state index in [2.05, 4.69) is 10.3 Å². The summed E-state index contributed by atoms with van der Waals surface area (Å²) in [6.45, 7) is 0.234. The number of amides is 1. The second kappa shape index (κ2) is 7.03. The first kappa shape index (κ1) is 17.0. The molecule has 2 heterocycles. The minimum absolute atomic E-state index is 0.0498. The van der Waals surface area contributed by atoms with Crippen LogP contribution in [0.5, 0.6) is 0 Å². The van der Waals surface area contributed by atoms with Gasteiger partial charge in [-0.15, -0.1) is 5.10 Å². The number of hydrogen-bond donors (Lipinski definition) is 1. The molecule has 0 spiro atoms. The fourth-order valence-electron chi connectivity index (χ4n) is 3.35. The van der Waals surface area contributed by atoms with Crippen LogP contribution in [0, 0.1) is 0 Å². The molecule has 1 atom stereocenters. The zero-order chi connectivity index (χ0) is 18.8. The Morgan fingerprint density at radius 2 is 1.74 bits per heavy atom. The average Bonchev–Trinajstić information content (AvgIpc) is 3.16. The van der Waals surface area contributed by atoms with Crippen LogP contribution in [0.2, 0.25) is 0 Å². The minimum atomic E-state index is -0.999. The largest absolute Gasteiger partial charge is 0.480 e. The number of nitrogens with zero attached hydrogens (tertiary/aromatic N) is 4. The van der Waals surface area contributed by atoms with Gasteiger partial charge < -0.3 is 10.0 Å². The Bertz CT molecular complexity index is 984. The molecule has 7 nitrogen and oxygen atoms in total. The molecular formula is C20H18N4O3. The highest BCUT2D eigenvalue weighted by Gasteiger charge is 2.34. The van der Waals surface area contributed by atoms with E-state index in [0.717, 1.165) is 16.7 Å². The van der Waals surface area contributed by atoms with E-state index in [1.165, 1.54) is 9.58 Å². The number of aromatic nitrogens is 3. The van der Waals surface area contributed by atoms with Crippen molar-refractivity contribution < 1.29 is 14.7 Å². The average molecular weight is 362 g/mol. The van der Waals surface area contributed by atoms with Crippen molar-refractivity contribution in [3.8, 4) is 11.3 Å². The van der Waals surface area contributed by atoms with Gasteiger partial charge in [0.25, 0.3) is 0 Å². The normalized spacial score (nSPS) is 16.0. The summed E-state index contributed by atoms with van der Waals surface area (Å²) in [6, 6.07) is 16.3. The lowest BCUT2D eigenvalue weighted by Gasteiger charge is -2.34. The van der Waals surface area contributed by atoms with Crippen LogP contribution in [-0.2, 0) is 29.1 Å². The topological polar surface area (TPSA) is 88.3 Å². The SMILES string of the molecule is O=C(O)[C@@H]1Cc2ccccc2CN1C(=O)Cn1cc(-c2ccccc2)nn1. The molecule has 4 rings (SSSR count). The van der Waals surface area contributed by atoms with Crippen molar-refractivity contribution in [3.05, 3.63) is 71.9 Å². The molecule has 1 amide bonds. The number of carbonyl (C=O) groups is 2. The molecule has 0 radical (unpaired) electrons. The van der Waals surface area contributed by atoms with Crippen LogP contribution < -0.4 is 0 Å². The van der Waals surface area contributed by atoms with Gasteiger partial charge in [-0.2, -0.15) is 0 Å². The molecule has 0 unspecified atom stereocenters. The fourth-order valence-corrected chi connectivity index (χ4v) is 3.35. The minimum Gasteiger partial charge on any atom is -0.480 e. The quantitative estimate of drug-likeness (QED) is 0.767. The standard InChI is InChI=1S/C20H18N4O3/c25-19(13-23-12-17(21-22-23)14-6-2-1-3-7-14)24-11-16-9-5-4-8-15(16)10-18(24)20(26)27/h1-9,12,18H,10-11,13H2,(H,26,27)/t18-/m0/s1. The molecule has 7 heteroatoms. The molecule has 1 N–H and O–H groups in total. The number of carbonyl (C=O) groups excluding carboxylic acids is 1. The Balaban J connectivity index is 1.54. The summed E-state index contributed by atoms with van der Waals surface area (Å²) in [4.78, 5) is 25.9. The summed E-state index contributed by atoms with van der Waals surface area (Å²) in [7, 11) is 0. The van der Waals surface area contributed by atoms with E-state index in [1.54, 1.807) is 6.20 Å². The second-order valence-electron chi connectivity index (χ2n) is 6.52. The van der Waals surface area contributed by atoms with Gasteiger partial charge in [0.1, 0.15) is 18.3 Å². The highest BCUT2D eigenvalue weighted by Crippen LogP contribution is 2.24. The molecule has 0 saturated carbocycles. The summed E-state index contributed by atoms with van der Waals surface area (Å²) < 4.78 is 1.45. The molecule has 0 saturated heterocycles. The lowest BCUT2D eigenvalue weighted by Crippen LogP contribution is -2.49. The van der Waals surface area contributed by atoms with E-state index in [-0.39, 0.29) is 19.0 Å². The van der Waals surface area contributed by atoms with E-state index < -0.39 is 12.0 Å². The third kappa shape index (κ3) is 3.44. The summed E-state index contributed by atoms with van der Waals surface area (Å²) in [5.41, 5.74) is 3.53. The number of fused-ring (bicyclic) bond motifs is 1. The van der Waals surface area contributed by atoms with Gasteiger partial charge in [-0.25, -0.2) is 9.48 Å². The van der Waals surface area contributed by atoms with Crippen LogP contribution in [-0.4, -0.2) is 42.9 Å². The Kier molecular flexibility index (Phi) is 4.42. The maximum atomic E-state index is 12.8. The lowest BCUT2D eigenvalue weighted by atomic mass is 9.94. The molecular weight excluding hydrogens is 344 g/mol. The van der Waals surface area contributed by atoms with Crippen molar-refractivity contribution in [1.29, 1.82) is 0 Å². The molecule has 27 heavy (non-hydrogen) atoms. The molecule has 1 aromatic heterocycles. The number of benzene rings is 2. The summed E-state index contributed by atoms with van der Waals surface area (Å²) >= 11 is 0. The van der Waals surface area contributed by atoms with Crippen molar-refractivity contribution in [2.75, 3.05) is 0 Å². The number of rotatable bonds is 4. The van der Waals surface area contributed by atoms with Gasteiger partial charge in [-0.1, -0.05) is 59.8 Å². The Morgan fingerprint density at radius 3 is 2.48 bits per heavy atom. The van der Waals surface area contributed by atoms with Crippen LogP contribution in [0.4, 0.5) is 0 Å². The van der Waals surface area contributed by atoms with Crippen molar-refractivity contribution >= 4 is 11.9 Å². The van der Waals surface area contributed by atoms with Crippen molar-refractivity contribution in [2.24, 2.45) is 0 Å². The summed E-state index contributed by atoms with van der Waals surface area (Å²) in [5, 5.41) is 17.7. The third-order valence-electron chi connectivity index (χ3n) is 4.76. The molecule has 1 aliphatic heterocycles. The lowest BCUT2D eigenvalue weighted by molar-refractivity contribution is -0.151. The number of hydrogen-bond acceptors (Lipinski definition) is 4. The van der Waals surface area contributed by atoms with Crippen molar-refractivity contribution in [3.63, 3.8) is 0 Å². The Hall–Kier alpha value is -3.48. The molecule has 136 valence electrons. The van der Waals surface area contributed by atoms with Crippen LogP contribution in [0.25, 0.3) is 11.3 Å². The van der Waals surface area contributed by atoms with Crippen molar-refractivity contribution in [1.82, 2.24) is 19.9 Å². The van der Waals surface area contributed by atoms with E-state index >= 15 is 0 Å². The zero-order valence-corrected chi connectivity index (χ0v) is 14.5. The third-order valence-corrected chi connectivity index (χ3v) is 4.76. The van der Waals surface area contributed by atoms with Gasteiger partial charge in [0.05, 0.1) is 6.20 Å². The summed E-state index contributed by atoms with van der Waals surface area (Å²) in [6.07, 6.45) is 2.00. The predicted molar refractivity (Wildman–Crippen MR) is 97.6 cm³/mol. The van der Waals surface area contributed by atoms with E-state index in [1.807, 2.05) is 54.6 Å². The van der Waals surface area contributed by atoms with Gasteiger partial charge in [-0.3, -0.25) is 4.79 Å². The van der Waals surface area contributed by atoms with Crippen LogP contribution in [0.15, 0.2) is 60.8 Å². The van der Waals surface area contributed by atoms with E-state index in [9.17, 15) is 14.7 Å². The molecule has 0 fully saturated rings. The number of carboxylic acids is 1. The highest BCUT2D eigenvalue weighted by molar-refractivity contribution is 5.84. The maximum Gasteiger partial charge on any atom is 0.326 e. The van der Waals surface area contributed by atoms with Gasteiger partial charge in [0, 0.05) is 18.5 Å². The fraction of sp³-hybridized carbons (Fsp3) is 0.200.